The van der Waals surface area contributed by atoms with Crippen molar-refractivity contribution in [1.82, 2.24) is 5.32 Å². The summed E-state index contributed by atoms with van der Waals surface area (Å²) in [7, 11) is 0. The first-order valence-electron chi connectivity index (χ1n) is 7.49. The highest BCUT2D eigenvalue weighted by atomic mass is 35.5. The molecule has 0 radical (unpaired) electrons. The molecular formula is C18H17ClN3OS+. The van der Waals surface area contributed by atoms with Crippen LogP contribution in [0.4, 0.5) is 0 Å². The first-order chi connectivity index (χ1) is 11.4. The fourth-order valence-corrected chi connectivity index (χ4v) is 3.75. The van der Waals surface area contributed by atoms with Crippen LogP contribution < -0.4 is 9.88 Å². The average molecular weight is 359 g/mol. The Hall–Kier alpha value is -2.00. The predicted octanol–water partition coefficient (Wildman–Crippen LogP) is 2.93. The second-order valence-corrected chi connectivity index (χ2v) is 6.83. The molecule has 1 aliphatic heterocycles. The topological polar surface area (TPSA) is 59.9 Å². The van der Waals surface area contributed by atoms with Crippen molar-refractivity contribution in [3.63, 3.8) is 0 Å². The van der Waals surface area contributed by atoms with Gasteiger partial charge in [0.05, 0.1) is 22.6 Å². The van der Waals surface area contributed by atoms with E-state index in [1.807, 2.05) is 47.3 Å². The maximum absolute atomic E-state index is 11.0. The van der Waals surface area contributed by atoms with Gasteiger partial charge in [0.2, 0.25) is 6.04 Å². The molecule has 4 nitrogen and oxygen atoms in total. The predicted molar refractivity (Wildman–Crippen MR) is 95.3 cm³/mol. The van der Waals surface area contributed by atoms with Crippen LogP contribution in [0.2, 0.25) is 5.02 Å². The number of allylic oxidation sites excluding steroid dienone is 1. The summed E-state index contributed by atoms with van der Waals surface area (Å²) in [6, 6.07) is 14.8. The summed E-state index contributed by atoms with van der Waals surface area (Å²) < 4.78 is 1.91. The van der Waals surface area contributed by atoms with Gasteiger partial charge in [-0.15, -0.1) is 12.6 Å². The molecule has 3 rings (SSSR count). The van der Waals surface area contributed by atoms with Gasteiger partial charge in [-0.2, -0.15) is 9.83 Å². The maximum atomic E-state index is 11.0. The molecule has 1 aromatic carbocycles. The van der Waals surface area contributed by atoms with Gasteiger partial charge in [-0.05, 0) is 24.6 Å². The molecule has 24 heavy (non-hydrogen) atoms. The molecule has 0 bridgehead atoms. The summed E-state index contributed by atoms with van der Waals surface area (Å²) in [6.07, 6.45) is 3.75. The zero-order valence-corrected chi connectivity index (χ0v) is 14.7. The van der Waals surface area contributed by atoms with Crippen molar-refractivity contribution < 1.29 is 9.67 Å². The average Bonchev–Trinajstić information content (AvgIpc) is 2.55. The van der Waals surface area contributed by atoms with E-state index in [0.29, 0.717) is 15.6 Å². The highest BCUT2D eigenvalue weighted by Gasteiger charge is 2.51. The molecule has 0 unspecified atom stereocenters. The molecule has 0 aliphatic carbocycles. The van der Waals surface area contributed by atoms with E-state index in [2.05, 4.69) is 24.0 Å². The molecular weight excluding hydrogens is 342 g/mol. The number of thiol groups is 1. The van der Waals surface area contributed by atoms with Crippen LogP contribution in [0.3, 0.4) is 0 Å². The lowest BCUT2D eigenvalue weighted by Crippen LogP contribution is -2.62. The van der Waals surface area contributed by atoms with Crippen molar-refractivity contribution in [3.8, 4) is 6.07 Å². The van der Waals surface area contributed by atoms with E-state index < -0.39 is 11.8 Å². The number of nitrogens with zero attached hydrogens (tertiary/aromatic N) is 2. The van der Waals surface area contributed by atoms with E-state index >= 15 is 0 Å². The largest absolute Gasteiger partial charge is 0.366 e. The van der Waals surface area contributed by atoms with E-state index in [9.17, 15) is 10.4 Å². The van der Waals surface area contributed by atoms with Crippen LogP contribution in [0.25, 0.3) is 0 Å². The third-order valence-electron chi connectivity index (χ3n) is 4.24. The van der Waals surface area contributed by atoms with Crippen LogP contribution >= 0.6 is 24.2 Å². The molecule has 0 saturated carbocycles. The fourth-order valence-electron chi connectivity index (χ4n) is 3.21. The Bertz CT molecular complexity index is 812. The summed E-state index contributed by atoms with van der Waals surface area (Å²) in [5.41, 5.74) is 0.0903. The molecule has 0 amide bonds. The Morgan fingerprint density at radius 1 is 1.25 bits per heavy atom. The second kappa shape index (κ2) is 6.48. The standard InChI is InChI=1S/C18H16ClN3OS/c1-18(23)16(22-9-3-2-4-10-22)15(14(11-20)17(24)21-18)12-5-7-13(19)8-6-12/h2-10,15-16,21,23H,1H3/p+1/t15-,16-,18-/m1/s1. The molecule has 3 atom stereocenters. The molecule has 2 heterocycles. The first kappa shape index (κ1) is 16.8. The summed E-state index contributed by atoms with van der Waals surface area (Å²) >= 11 is 10.4. The molecule has 6 heteroatoms. The Kier molecular flexibility index (Phi) is 4.55. The minimum absolute atomic E-state index is 0.358. The molecule has 0 fully saturated rings. The zero-order valence-electron chi connectivity index (χ0n) is 13.0. The van der Waals surface area contributed by atoms with Crippen molar-refractivity contribution in [2.75, 3.05) is 0 Å². The number of hydrogen-bond acceptors (Lipinski definition) is 4. The molecule has 0 saturated heterocycles. The quantitative estimate of drug-likeness (QED) is 0.571. The fraction of sp³-hybridized carbons (Fsp3) is 0.222. The Labute approximate surface area is 151 Å². The lowest BCUT2D eigenvalue weighted by molar-refractivity contribution is -0.741. The van der Waals surface area contributed by atoms with E-state index in [1.165, 1.54) is 0 Å². The van der Waals surface area contributed by atoms with Crippen LogP contribution in [0, 0.1) is 11.3 Å². The zero-order chi connectivity index (χ0) is 17.3. The van der Waals surface area contributed by atoms with E-state index in [4.69, 9.17) is 11.6 Å². The number of nitriles is 1. The van der Waals surface area contributed by atoms with Gasteiger partial charge in [-0.3, -0.25) is 0 Å². The first-order valence-corrected chi connectivity index (χ1v) is 8.31. The van der Waals surface area contributed by atoms with Crippen LogP contribution in [0.1, 0.15) is 24.4 Å². The highest BCUT2D eigenvalue weighted by Crippen LogP contribution is 2.43. The summed E-state index contributed by atoms with van der Waals surface area (Å²) in [5, 5.41) is 24.6. The number of hydrogen-bond donors (Lipinski definition) is 3. The van der Waals surface area contributed by atoms with E-state index in [0.717, 1.165) is 5.56 Å². The minimum Gasteiger partial charge on any atom is -0.366 e. The van der Waals surface area contributed by atoms with Crippen molar-refractivity contribution in [2.24, 2.45) is 0 Å². The van der Waals surface area contributed by atoms with Gasteiger partial charge in [0.25, 0.3) is 0 Å². The second-order valence-electron chi connectivity index (χ2n) is 5.94. The Balaban J connectivity index is 2.22. The summed E-state index contributed by atoms with van der Waals surface area (Å²) in [6.45, 7) is 1.69. The van der Waals surface area contributed by atoms with Gasteiger partial charge in [0.1, 0.15) is 0 Å². The number of aliphatic hydroxyl groups is 1. The molecule has 0 spiro atoms. The van der Waals surface area contributed by atoms with Gasteiger partial charge in [-0.25, -0.2) is 0 Å². The van der Waals surface area contributed by atoms with Crippen molar-refractivity contribution in [3.05, 3.63) is 76.0 Å². The van der Waals surface area contributed by atoms with Crippen molar-refractivity contribution >= 4 is 24.2 Å². The third-order valence-corrected chi connectivity index (χ3v) is 4.84. The number of aromatic nitrogens is 1. The smallest absolute Gasteiger partial charge is 0.216 e. The van der Waals surface area contributed by atoms with Gasteiger partial charge >= 0.3 is 0 Å². The number of pyridine rings is 1. The number of halogens is 1. The van der Waals surface area contributed by atoms with Crippen LogP contribution in [0.15, 0.2) is 65.5 Å². The lowest BCUT2D eigenvalue weighted by Gasteiger charge is -2.39. The summed E-state index contributed by atoms with van der Waals surface area (Å²) in [4.78, 5) is 0. The van der Waals surface area contributed by atoms with Gasteiger partial charge in [-0.1, -0.05) is 29.8 Å². The molecule has 2 N–H and O–H groups in total. The van der Waals surface area contributed by atoms with E-state index in [1.54, 1.807) is 19.1 Å². The molecule has 122 valence electrons. The molecule has 1 aliphatic rings. The molecule has 1 aromatic heterocycles. The van der Waals surface area contributed by atoms with Crippen LogP contribution in [0.5, 0.6) is 0 Å². The van der Waals surface area contributed by atoms with E-state index in [-0.39, 0.29) is 5.92 Å². The number of rotatable bonds is 2. The molecule has 2 aromatic rings. The van der Waals surface area contributed by atoms with Crippen LogP contribution in [-0.4, -0.2) is 10.8 Å². The maximum Gasteiger partial charge on any atom is 0.216 e. The Morgan fingerprint density at radius 3 is 2.46 bits per heavy atom. The van der Waals surface area contributed by atoms with Gasteiger partial charge in [0.15, 0.2) is 18.1 Å². The normalized spacial score (nSPS) is 26.6. The van der Waals surface area contributed by atoms with Crippen LogP contribution in [-0.2, 0) is 0 Å². The summed E-state index contributed by atoms with van der Waals surface area (Å²) in [5.74, 6) is -0.358. The number of benzene rings is 1. The third kappa shape index (κ3) is 3.01. The lowest BCUT2D eigenvalue weighted by atomic mass is 9.78. The highest BCUT2D eigenvalue weighted by molar-refractivity contribution is 7.84. The van der Waals surface area contributed by atoms with Gasteiger partial charge in [0, 0.05) is 17.2 Å². The van der Waals surface area contributed by atoms with Gasteiger partial charge < -0.3 is 10.4 Å². The minimum atomic E-state index is -1.28. The Morgan fingerprint density at radius 2 is 1.88 bits per heavy atom. The monoisotopic (exact) mass is 358 g/mol. The number of nitrogens with one attached hydrogen (secondary N) is 1. The van der Waals surface area contributed by atoms with Crippen molar-refractivity contribution in [1.29, 1.82) is 5.26 Å². The van der Waals surface area contributed by atoms with Crippen molar-refractivity contribution in [2.45, 2.75) is 24.6 Å². The SMILES string of the molecule is C[C@]1(O)NC(S)=C(C#N)[C@@H](c2ccc(Cl)cc2)[C@H]1[n+]1ccccc1.